The van der Waals surface area contributed by atoms with Crippen molar-refractivity contribution in [2.24, 2.45) is 0 Å². The van der Waals surface area contributed by atoms with Crippen LogP contribution in [0.25, 0.3) is 0 Å². The summed E-state index contributed by atoms with van der Waals surface area (Å²) in [6, 6.07) is 3.19. The van der Waals surface area contributed by atoms with Gasteiger partial charge in [0.2, 0.25) is 10.0 Å². The summed E-state index contributed by atoms with van der Waals surface area (Å²) in [4.78, 5) is 11.9. The molecule has 0 saturated carbocycles. The standard InChI is InChI=1S/C11H14N2O4S2/c1-4-17-11(14)10-7(2)5-9(18-10)13-19(15,16)8(3)6-12/h5,8,13H,4H2,1-3H3. The maximum Gasteiger partial charge on any atom is 0.348 e. The Morgan fingerprint density at radius 2 is 2.26 bits per heavy atom. The smallest absolute Gasteiger partial charge is 0.348 e. The average molecular weight is 302 g/mol. The molecule has 0 aliphatic rings. The second-order valence-electron chi connectivity index (χ2n) is 3.76. The zero-order valence-corrected chi connectivity index (χ0v) is 12.4. The first-order chi connectivity index (χ1) is 8.81. The van der Waals surface area contributed by atoms with Crippen LogP contribution in [0.1, 0.15) is 29.1 Å². The molecule has 0 aliphatic carbocycles. The molecule has 0 saturated heterocycles. The van der Waals surface area contributed by atoms with E-state index in [4.69, 9.17) is 10.00 Å². The Kier molecular flexibility index (Phi) is 4.91. The van der Waals surface area contributed by atoms with Crippen LogP contribution in [0.2, 0.25) is 0 Å². The number of carbonyl (C=O) groups is 1. The number of hydrogen-bond donors (Lipinski definition) is 1. The lowest BCUT2D eigenvalue weighted by molar-refractivity contribution is 0.0531. The van der Waals surface area contributed by atoms with Crippen LogP contribution in [0, 0.1) is 18.3 Å². The third-order valence-electron chi connectivity index (χ3n) is 2.27. The first-order valence-electron chi connectivity index (χ1n) is 5.50. The summed E-state index contributed by atoms with van der Waals surface area (Å²) < 4.78 is 30.6. The highest BCUT2D eigenvalue weighted by molar-refractivity contribution is 7.93. The highest BCUT2D eigenvalue weighted by atomic mass is 32.2. The molecule has 0 radical (unpaired) electrons. The lowest BCUT2D eigenvalue weighted by atomic mass is 10.3. The Hall–Kier alpha value is -1.59. The summed E-state index contributed by atoms with van der Waals surface area (Å²) in [7, 11) is -3.76. The molecule has 6 nitrogen and oxygen atoms in total. The number of thiophene rings is 1. The second-order valence-corrected chi connectivity index (χ2v) is 6.82. The molecule has 104 valence electrons. The van der Waals surface area contributed by atoms with Gasteiger partial charge in [-0.2, -0.15) is 5.26 Å². The van der Waals surface area contributed by atoms with Gasteiger partial charge < -0.3 is 4.74 Å². The summed E-state index contributed by atoms with van der Waals surface area (Å²) in [5.74, 6) is -0.483. The van der Waals surface area contributed by atoms with Crippen molar-refractivity contribution in [2.75, 3.05) is 11.3 Å². The van der Waals surface area contributed by atoms with Crippen LogP contribution in [0.3, 0.4) is 0 Å². The van der Waals surface area contributed by atoms with E-state index in [1.54, 1.807) is 26.0 Å². The molecule has 1 unspecified atom stereocenters. The molecule has 19 heavy (non-hydrogen) atoms. The Labute approximate surface area is 116 Å². The fourth-order valence-electron chi connectivity index (χ4n) is 1.23. The minimum atomic E-state index is -3.76. The predicted molar refractivity (Wildman–Crippen MR) is 72.6 cm³/mol. The summed E-state index contributed by atoms with van der Waals surface area (Å²) in [5.41, 5.74) is 0.630. The molecule has 1 aromatic heterocycles. The number of esters is 1. The van der Waals surface area contributed by atoms with Crippen molar-refractivity contribution in [2.45, 2.75) is 26.0 Å². The summed E-state index contributed by atoms with van der Waals surface area (Å²) in [6.07, 6.45) is 0. The third kappa shape index (κ3) is 3.68. The van der Waals surface area contributed by atoms with Crippen molar-refractivity contribution in [1.82, 2.24) is 0 Å². The van der Waals surface area contributed by atoms with Gasteiger partial charge in [0.15, 0.2) is 5.25 Å². The van der Waals surface area contributed by atoms with Gasteiger partial charge >= 0.3 is 5.97 Å². The van der Waals surface area contributed by atoms with Gasteiger partial charge in [-0.1, -0.05) is 0 Å². The van der Waals surface area contributed by atoms with Gasteiger partial charge in [-0.25, -0.2) is 13.2 Å². The van der Waals surface area contributed by atoms with Crippen LogP contribution in [-0.4, -0.2) is 26.2 Å². The largest absolute Gasteiger partial charge is 0.462 e. The number of rotatable bonds is 5. The van der Waals surface area contributed by atoms with Crippen molar-refractivity contribution in [3.8, 4) is 6.07 Å². The van der Waals surface area contributed by atoms with Crippen molar-refractivity contribution >= 4 is 32.3 Å². The number of anilines is 1. The van der Waals surface area contributed by atoms with Crippen molar-refractivity contribution < 1.29 is 17.9 Å². The highest BCUT2D eigenvalue weighted by Crippen LogP contribution is 2.28. The normalized spacial score (nSPS) is 12.5. The summed E-state index contributed by atoms with van der Waals surface area (Å²) in [6.45, 7) is 4.92. The lowest BCUT2D eigenvalue weighted by Gasteiger charge is -2.06. The molecule has 1 atom stereocenters. The molecule has 0 spiro atoms. The molecular weight excluding hydrogens is 288 g/mol. The Morgan fingerprint density at radius 1 is 1.63 bits per heavy atom. The van der Waals surface area contributed by atoms with Crippen LogP contribution in [0.5, 0.6) is 0 Å². The molecule has 8 heteroatoms. The van der Waals surface area contributed by atoms with E-state index in [-0.39, 0.29) is 6.61 Å². The number of hydrogen-bond acceptors (Lipinski definition) is 6. The number of nitrogens with zero attached hydrogens (tertiary/aromatic N) is 1. The van der Waals surface area contributed by atoms with Crippen molar-refractivity contribution in [1.29, 1.82) is 5.26 Å². The molecule has 1 heterocycles. The molecule has 1 rings (SSSR count). The zero-order valence-electron chi connectivity index (χ0n) is 10.8. The maximum absolute atomic E-state index is 11.7. The van der Waals surface area contributed by atoms with E-state index < -0.39 is 21.2 Å². The van der Waals surface area contributed by atoms with Crippen LogP contribution in [0.4, 0.5) is 5.00 Å². The Morgan fingerprint density at radius 3 is 2.79 bits per heavy atom. The van der Waals surface area contributed by atoms with Crippen molar-refractivity contribution in [3.05, 3.63) is 16.5 Å². The highest BCUT2D eigenvalue weighted by Gasteiger charge is 2.22. The number of sulfonamides is 1. The number of aryl methyl sites for hydroxylation is 1. The van der Waals surface area contributed by atoms with E-state index in [0.717, 1.165) is 11.3 Å². The van der Waals surface area contributed by atoms with Crippen LogP contribution in [0.15, 0.2) is 6.07 Å². The molecule has 0 amide bonds. The molecule has 0 aromatic carbocycles. The SMILES string of the molecule is CCOC(=O)c1sc(NS(=O)(=O)C(C)C#N)cc1C. The molecular formula is C11H14N2O4S2. The van der Waals surface area contributed by atoms with Gasteiger partial charge in [0.25, 0.3) is 0 Å². The zero-order chi connectivity index (χ0) is 14.6. The first-order valence-corrected chi connectivity index (χ1v) is 7.87. The molecule has 1 aromatic rings. The average Bonchev–Trinajstić information content (AvgIpc) is 2.68. The predicted octanol–water partition coefficient (Wildman–Crippen LogP) is 1.89. The van der Waals surface area contributed by atoms with E-state index in [1.807, 2.05) is 0 Å². The maximum atomic E-state index is 11.7. The van der Waals surface area contributed by atoms with E-state index in [1.165, 1.54) is 6.92 Å². The van der Waals surface area contributed by atoms with E-state index in [0.29, 0.717) is 15.4 Å². The third-order valence-corrected chi connectivity index (χ3v) is 5.07. The van der Waals surface area contributed by atoms with Gasteiger partial charge in [0.1, 0.15) is 9.88 Å². The molecule has 0 bridgehead atoms. The fraction of sp³-hybridized carbons (Fsp3) is 0.455. The first kappa shape index (κ1) is 15.5. The van der Waals surface area contributed by atoms with Gasteiger partial charge in [-0.3, -0.25) is 4.72 Å². The topological polar surface area (TPSA) is 96.3 Å². The van der Waals surface area contributed by atoms with E-state index in [9.17, 15) is 13.2 Å². The monoisotopic (exact) mass is 302 g/mol. The summed E-state index contributed by atoms with van der Waals surface area (Å²) in [5, 5.41) is 7.75. The van der Waals surface area contributed by atoms with Crippen LogP contribution < -0.4 is 4.72 Å². The number of ether oxygens (including phenoxy) is 1. The lowest BCUT2D eigenvalue weighted by Crippen LogP contribution is -2.23. The minimum absolute atomic E-state index is 0.253. The molecule has 0 aliphatic heterocycles. The second kappa shape index (κ2) is 6.04. The number of carbonyl (C=O) groups excluding carboxylic acids is 1. The number of nitrogens with one attached hydrogen (secondary N) is 1. The number of nitriles is 1. The Balaban J connectivity index is 2.98. The van der Waals surface area contributed by atoms with E-state index in [2.05, 4.69) is 4.72 Å². The minimum Gasteiger partial charge on any atom is -0.462 e. The Bertz CT molecular complexity index is 613. The van der Waals surface area contributed by atoms with Crippen molar-refractivity contribution in [3.63, 3.8) is 0 Å². The van der Waals surface area contributed by atoms with Gasteiger partial charge in [0.05, 0.1) is 12.7 Å². The van der Waals surface area contributed by atoms with Gasteiger partial charge in [-0.15, -0.1) is 11.3 Å². The van der Waals surface area contributed by atoms with Crippen LogP contribution in [-0.2, 0) is 14.8 Å². The fourth-order valence-corrected chi connectivity index (χ4v) is 3.22. The van der Waals surface area contributed by atoms with Gasteiger partial charge in [0, 0.05) is 0 Å². The molecule has 0 fully saturated rings. The summed E-state index contributed by atoms with van der Waals surface area (Å²) >= 11 is 0.988. The molecule has 1 N–H and O–H groups in total. The van der Waals surface area contributed by atoms with Gasteiger partial charge in [-0.05, 0) is 32.4 Å². The quantitative estimate of drug-likeness (QED) is 0.838. The van der Waals surface area contributed by atoms with Crippen LogP contribution >= 0.6 is 11.3 Å². The van der Waals surface area contributed by atoms with E-state index >= 15 is 0 Å².